The molecule has 0 spiro atoms. The third-order valence-electron chi connectivity index (χ3n) is 10.1. The molecule has 0 radical (unpaired) electrons. The highest BCUT2D eigenvalue weighted by atomic mass is 16.2. The fraction of sp³-hybridized carbons (Fsp3) is 0.931. The molecule has 5 aliphatic rings. The number of carbonyl (C=O) groups excluding carboxylic acids is 2. The first kappa shape index (κ1) is 26.4. The molecule has 2 saturated carbocycles. The van der Waals surface area contributed by atoms with Gasteiger partial charge in [-0.25, -0.2) is 0 Å². The van der Waals surface area contributed by atoms with Gasteiger partial charge in [-0.15, -0.1) is 0 Å². The molecule has 2 amide bonds. The number of piperidine rings is 2. The lowest BCUT2D eigenvalue weighted by Crippen LogP contribution is -2.60. The molecule has 36 heavy (non-hydrogen) atoms. The molecule has 7 nitrogen and oxygen atoms in total. The number of nitrogens with one attached hydrogen (secondary N) is 5. The lowest BCUT2D eigenvalue weighted by Gasteiger charge is -2.40. The second-order valence-corrected chi connectivity index (χ2v) is 13.1. The zero-order chi connectivity index (χ0) is 25.1. The van der Waals surface area contributed by atoms with Crippen molar-refractivity contribution in [2.45, 2.75) is 109 Å². The smallest absolute Gasteiger partial charge is 0.237 e. The van der Waals surface area contributed by atoms with Crippen molar-refractivity contribution in [2.24, 2.45) is 35.5 Å². The van der Waals surface area contributed by atoms with Crippen LogP contribution in [-0.2, 0) is 9.59 Å². The molecular formula is C29H51N5O2. The minimum absolute atomic E-state index is 0.0125. The Morgan fingerprint density at radius 3 is 2.53 bits per heavy atom. The van der Waals surface area contributed by atoms with Gasteiger partial charge in [-0.1, -0.05) is 20.3 Å². The van der Waals surface area contributed by atoms with Gasteiger partial charge in [0, 0.05) is 31.1 Å². The maximum atomic E-state index is 13.4. The number of rotatable bonds is 9. The van der Waals surface area contributed by atoms with Gasteiger partial charge in [0.05, 0.1) is 6.04 Å². The zero-order valence-corrected chi connectivity index (χ0v) is 22.7. The number of hydrogen-bond acceptors (Lipinski definition) is 5. The summed E-state index contributed by atoms with van der Waals surface area (Å²) in [6, 6.07) is 1.12. The van der Waals surface area contributed by atoms with Crippen LogP contribution in [0.15, 0.2) is 0 Å². The summed E-state index contributed by atoms with van der Waals surface area (Å²) < 4.78 is 0. The number of fused-ring (bicyclic) bond motifs is 1. The molecule has 3 heterocycles. The lowest BCUT2D eigenvalue weighted by molar-refractivity contribution is -0.124. The third kappa shape index (κ3) is 6.63. The molecule has 0 aromatic heterocycles. The molecule has 5 fully saturated rings. The molecule has 9 unspecified atom stereocenters. The zero-order valence-electron chi connectivity index (χ0n) is 22.7. The van der Waals surface area contributed by atoms with Gasteiger partial charge in [0.15, 0.2) is 0 Å². The van der Waals surface area contributed by atoms with Gasteiger partial charge in [0.1, 0.15) is 0 Å². The minimum atomic E-state index is -0.0125. The number of carbonyl (C=O) groups is 2. The van der Waals surface area contributed by atoms with Crippen LogP contribution in [0.5, 0.6) is 0 Å². The summed E-state index contributed by atoms with van der Waals surface area (Å²) in [5.74, 6) is 4.05. The van der Waals surface area contributed by atoms with Crippen molar-refractivity contribution in [3.63, 3.8) is 0 Å². The first-order valence-corrected chi connectivity index (χ1v) is 15.2. The Bertz CT molecular complexity index is 752. The standard InChI is InChI=1S/C29H51N5O2/c1-18-5-3-7-23-15-24(33-26(18)23)29(36)34-28(22-8-9-22)27-19(2)13-21(17-32-27)10-12-31-25(35)14-20-6-4-11-30-16-20/h18-24,26-28,30,32-33H,3-17H2,1-2H3,(H,31,35)(H,34,36). The van der Waals surface area contributed by atoms with Crippen LogP contribution in [0.4, 0.5) is 0 Å². The van der Waals surface area contributed by atoms with Crippen molar-refractivity contribution >= 4 is 11.8 Å². The van der Waals surface area contributed by atoms with Crippen LogP contribution in [0.2, 0.25) is 0 Å². The van der Waals surface area contributed by atoms with Crippen molar-refractivity contribution in [2.75, 3.05) is 26.2 Å². The first-order valence-electron chi connectivity index (χ1n) is 15.2. The average Bonchev–Trinajstić information content (AvgIpc) is 3.61. The minimum Gasteiger partial charge on any atom is -0.356 e. The van der Waals surface area contributed by atoms with Crippen LogP contribution in [0, 0.1) is 35.5 Å². The van der Waals surface area contributed by atoms with E-state index in [1.54, 1.807) is 0 Å². The largest absolute Gasteiger partial charge is 0.356 e. The Hall–Kier alpha value is -1.18. The monoisotopic (exact) mass is 501 g/mol. The van der Waals surface area contributed by atoms with Crippen LogP contribution in [0.3, 0.4) is 0 Å². The van der Waals surface area contributed by atoms with Gasteiger partial charge < -0.3 is 26.6 Å². The van der Waals surface area contributed by atoms with Crippen molar-refractivity contribution in [3.8, 4) is 0 Å². The highest BCUT2D eigenvalue weighted by Gasteiger charge is 2.45. The van der Waals surface area contributed by atoms with E-state index in [0.29, 0.717) is 54.0 Å². The summed E-state index contributed by atoms with van der Waals surface area (Å²) in [5.41, 5.74) is 0. The van der Waals surface area contributed by atoms with Crippen molar-refractivity contribution < 1.29 is 9.59 Å². The summed E-state index contributed by atoms with van der Waals surface area (Å²) in [7, 11) is 0. The molecule has 204 valence electrons. The predicted molar refractivity (Wildman–Crippen MR) is 143 cm³/mol. The molecule has 3 aliphatic heterocycles. The molecule has 5 N–H and O–H groups in total. The van der Waals surface area contributed by atoms with E-state index >= 15 is 0 Å². The SMILES string of the molecule is CC1CCCC2CC(C(=O)NC(C3CC3)C3NCC(CCNC(=O)CC4CCCNC4)CC3C)NC12. The Labute approximate surface area is 218 Å². The summed E-state index contributed by atoms with van der Waals surface area (Å²) in [6.45, 7) is 8.54. The summed E-state index contributed by atoms with van der Waals surface area (Å²) in [4.78, 5) is 25.7. The van der Waals surface area contributed by atoms with Gasteiger partial charge in [0.25, 0.3) is 0 Å². The molecule has 0 aromatic carbocycles. The Kier molecular flexibility index (Phi) is 8.90. The molecule has 7 heteroatoms. The molecule has 5 rings (SSSR count). The molecule has 2 aliphatic carbocycles. The second-order valence-electron chi connectivity index (χ2n) is 13.1. The fourth-order valence-electron chi connectivity index (χ4n) is 7.91. The molecule has 0 aromatic rings. The topological polar surface area (TPSA) is 94.3 Å². The highest BCUT2D eigenvalue weighted by molar-refractivity contribution is 5.82. The molecular weight excluding hydrogens is 450 g/mol. The highest BCUT2D eigenvalue weighted by Crippen LogP contribution is 2.39. The average molecular weight is 502 g/mol. The van der Waals surface area contributed by atoms with Gasteiger partial charge in [-0.05, 0) is 113 Å². The Morgan fingerprint density at radius 1 is 0.944 bits per heavy atom. The van der Waals surface area contributed by atoms with E-state index in [1.807, 2.05) is 0 Å². The van der Waals surface area contributed by atoms with Crippen LogP contribution in [-0.4, -0.2) is 62.2 Å². The van der Waals surface area contributed by atoms with Crippen LogP contribution >= 0.6 is 0 Å². The van der Waals surface area contributed by atoms with E-state index < -0.39 is 0 Å². The molecule has 3 saturated heterocycles. The second kappa shape index (κ2) is 12.1. The van der Waals surface area contributed by atoms with Crippen molar-refractivity contribution in [1.82, 2.24) is 26.6 Å². The van der Waals surface area contributed by atoms with Crippen LogP contribution < -0.4 is 26.6 Å². The summed E-state index contributed by atoms with van der Waals surface area (Å²) in [6.07, 6.45) is 12.6. The predicted octanol–water partition coefficient (Wildman–Crippen LogP) is 2.56. The van der Waals surface area contributed by atoms with Gasteiger partial charge in [-0.3, -0.25) is 9.59 Å². The lowest BCUT2D eigenvalue weighted by atomic mass is 9.78. The maximum Gasteiger partial charge on any atom is 0.237 e. The van der Waals surface area contributed by atoms with Crippen molar-refractivity contribution in [3.05, 3.63) is 0 Å². The van der Waals surface area contributed by atoms with Gasteiger partial charge in [0.2, 0.25) is 11.8 Å². The van der Waals surface area contributed by atoms with E-state index in [4.69, 9.17) is 0 Å². The number of amides is 2. The number of hydrogen-bond donors (Lipinski definition) is 5. The van der Waals surface area contributed by atoms with E-state index in [1.165, 1.54) is 51.4 Å². The van der Waals surface area contributed by atoms with E-state index in [0.717, 1.165) is 39.0 Å². The Balaban J connectivity index is 1.05. The van der Waals surface area contributed by atoms with E-state index in [9.17, 15) is 9.59 Å². The quantitative estimate of drug-likeness (QED) is 0.335. The van der Waals surface area contributed by atoms with Gasteiger partial charge in [-0.2, -0.15) is 0 Å². The van der Waals surface area contributed by atoms with Crippen molar-refractivity contribution in [1.29, 1.82) is 0 Å². The van der Waals surface area contributed by atoms with E-state index in [2.05, 4.69) is 40.4 Å². The van der Waals surface area contributed by atoms with E-state index in [-0.39, 0.29) is 23.9 Å². The first-order chi connectivity index (χ1) is 17.5. The van der Waals surface area contributed by atoms with Gasteiger partial charge >= 0.3 is 0 Å². The summed E-state index contributed by atoms with van der Waals surface area (Å²) in [5, 5.41) is 17.7. The van der Waals surface area contributed by atoms with Crippen LogP contribution in [0.1, 0.15) is 84.5 Å². The molecule has 9 atom stereocenters. The maximum absolute atomic E-state index is 13.4. The Morgan fingerprint density at radius 2 is 1.81 bits per heavy atom. The fourth-order valence-corrected chi connectivity index (χ4v) is 7.91. The summed E-state index contributed by atoms with van der Waals surface area (Å²) >= 11 is 0. The third-order valence-corrected chi connectivity index (χ3v) is 10.1. The molecule has 0 bridgehead atoms. The van der Waals surface area contributed by atoms with Crippen LogP contribution in [0.25, 0.3) is 0 Å². The normalized spacial score (nSPS) is 39.7.